The maximum Gasteiger partial charge on any atom is 0.261 e. The van der Waals surface area contributed by atoms with Crippen molar-refractivity contribution in [3.05, 3.63) is 58.9 Å². The molecule has 1 N–H and O–H groups in total. The van der Waals surface area contributed by atoms with Gasteiger partial charge in [0.1, 0.15) is 11.6 Å². The highest BCUT2D eigenvalue weighted by atomic mass is 35.5. The zero-order chi connectivity index (χ0) is 14.0. The van der Waals surface area contributed by atoms with Crippen LogP contribution in [0.2, 0.25) is 5.02 Å². The lowest BCUT2D eigenvalue weighted by Gasteiger charge is -2.18. The van der Waals surface area contributed by atoms with Crippen molar-refractivity contribution in [3.63, 3.8) is 0 Å². The second kappa shape index (κ2) is 5.28. The molecule has 0 atom stereocenters. The van der Waals surface area contributed by atoms with E-state index in [0.717, 1.165) is 0 Å². The molecule has 19 heavy (non-hydrogen) atoms. The SMILES string of the molecule is CN(C(=O)c1ccc(Cl)cc1O)c1cccc(F)c1. The topological polar surface area (TPSA) is 40.5 Å². The maximum absolute atomic E-state index is 13.1. The summed E-state index contributed by atoms with van der Waals surface area (Å²) in [6, 6.07) is 9.87. The van der Waals surface area contributed by atoms with Crippen LogP contribution in [0.15, 0.2) is 42.5 Å². The second-order valence-electron chi connectivity index (χ2n) is 4.01. The van der Waals surface area contributed by atoms with Gasteiger partial charge in [-0.3, -0.25) is 4.79 Å². The van der Waals surface area contributed by atoms with Crippen LogP contribution in [-0.4, -0.2) is 18.1 Å². The van der Waals surface area contributed by atoms with Crippen LogP contribution >= 0.6 is 11.6 Å². The normalized spacial score (nSPS) is 10.3. The summed E-state index contributed by atoms with van der Waals surface area (Å²) in [5.41, 5.74) is 0.510. The average molecular weight is 280 g/mol. The van der Waals surface area contributed by atoms with Crippen molar-refractivity contribution in [2.75, 3.05) is 11.9 Å². The molecule has 0 aliphatic rings. The lowest BCUT2D eigenvalue weighted by molar-refractivity contribution is 0.0990. The van der Waals surface area contributed by atoms with Crippen LogP contribution in [0, 0.1) is 5.82 Å². The first-order valence-corrected chi connectivity index (χ1v) is 5.89. The van der Waals surface area contributed by atoms with Crippen LogP contribution in [0.25, 0.3) is 0 Å². The number of benzene rings is 2. The number of anilines is 1. The number of rotatable bonds is 2. The molecule has 0 aliphatic carbocycles. The third kappa shape index (κ3) is 2.85. The van der Waals surface area contributed by atoms with E-state index in [1.807, 2.05) is 0 Å². The molecular formula is C14H11ClFNO2. The molecule has 0 saturated heterocycles. The van der Waals surface area contributed by atoms with Crippen LogP contribution < -0.4 is 4.90 Å². The van der Waals surface area contributed by atoms with Crippen LogP contribution in [0.4, 0.5) is 10.1 Å². The highest BCUT2D eigenvalue weighted by Gasteiger charge is 2.17. The van der Waals surface area contributed by atoms with Gasteiger partial charge in [0.25, 0.3) is 5.91 Å². The molecule has 0 radical (unpaired) electrons. The molecule has 2 aromatic carbocycles. The van der Waals surface area contributed by atoms with E-state index < -0.39 is 11.7 Å². The van der Waals surface area contributed by atoms with E-state index in [-0.39, 0.29) is 11.3 Å². The van der Waals surface area contributed by atoms with Crippen molar-refractivity contribution in [2.24, 2.45) is 0 Å². The number of aromatic hydroxyl groups is 1. The van der Waals surface area contributed by atoms with Gasteiger partial charge in [0.2, 0.25) is 0 Å². The van der Waals surface area contributed by atoms with Crippen molar-refractivity contribution in [3.8, 4) is 5.75 Å². The summed E-state index contributed by atoms with van der Waals surface area (Å²) < 4.78 is 13.1. The molecule has 0 spiro atoms. The van der Waals surface area contributed by atoms with E-state index in [4.69, 9.17) is 11.6 Å². The van der Waals surface area contributed by atoms with Gasteiger partial charge in [0.05, 0.1) is 5.56 Å². The first-order chi connectivity index (χ1) is 8.99. The van der Waals surface area contributed by atoms with Gasteiger partial charge >= 0.3 is 0 Å². The predicted molar refractivity (Wildman–Crippen MR) is 72.3 cm³/mol. The Morgan fingerprint density at radius 1 is 1.26 bits per heavy atom. The number of halogens is 2. The van der Waals surface area contributed by atoms with Gasteiger partial charge in [-0.15, -0.1) is 0 Å². The Balaban J connectivity index is 2.33. The number of carbonyl (C=O) groups is 1. The molecule has 1 amide bonds. The van der Waals surface area contributed by atoms with Gasteiger partial charge in [0.15, 0.2) is 0 Å². The Bertz CT molecular complexity index is 631. The zero-order valence-corrected chi connectivity index (χ0v) is 10.9. The van der Waals surface area contributed by atoms with Gasteiger partial charge in [-0.25, -0.2) is 4.39 Å². The summed E-state index contributed by atoms with van der Waals surface area (Å²) in [5.74, 6) is -1.09. The number of hydrogen-bond donors (Lipinski definition) is 1. The number of hydrogen-bond acceptors (Lipinski definition) is 2. The van der Waals surface area contributed by atoms with Gasteiger partial charge in [0, 0.05) is 17.8 Å². The first kappa shape index (κ1) is 13.4. The molecule has 5 heteroatoms. The third-order valence-electron chi connectivity index (χ3n) is 2.69. The fourth-order valence-electron chi connectivity index (χ4n) is 1.67. The van der Waals surface area contributed by atoms with Gasteiger partial charge in [-0.05, 0) is 36.4 Å². The standard InChI is InChI=1S/C14H11ClFNO2/c1-17(11-4-2-3-10(16)8-11)14(19)12-6-5-9(15)7-13(12)18/h2-8,18H,1H3. The highest BCUT2D eigenvalue weighted by Crippen LogP contribution is 2.25. The summed E-state index contributed by atoms with van der Waals surface area (Å²) in [4.78, 5) is 13.4. The Kier molecular flexibility index (Phi) is 3.71. The second-order valence-corrected chi connectivity index (χ2v) is 4.44. The fraction of sp³-hybridized carbons (Fsp3) is 0.0714. The minimum Gasteiger partial charge on any atom is -0.507 e. The summed E-state index contributed by atoms with van der Waals surface area (Å²) in [7, 11) is 1.51. The lowest BCUT2D eigenvalue weighted by Crippen LogP contribution is -2.26. The van der Waals surface area contributed by atoms with E-state index in [9.17, 15) is 14.3 Å². The van der Waals surface area contributed by atoms with Crippen LogP contribution in [0.5, 0.6) is 5.75 Å². The Labute approximate surface area is 114 Å². The smallest absolute Gasteiger partial charge is 0.261 e. The molecule has 0 saturated carbocycles. The van der Waals surface area contributed by atoms with Crippen molar-refractivity contribution >= 4 is 23.2 Å². The van der Waals surface area contributed by atoms with Crippen molar-refractivity contribution in [2.45, 2.75) is 0 Å². The number of carbonyl (C=O) groups excluding carboxylic acids is 1. The van der Waals surface area contributed by atoms with Gasteiger partial charge in [-0.1, -0.05) is 17.7 Å². The quantitative estimate of drug-likeness (QED) is 0.914. The monoisotopic (exact) mass is 279 g/mol. The summed E-state index contributed by atoms with van der Waals surface area (Å²) >= 11 is 5.70. The number of phenols is 1. The minimum atomic E-state index is -0.445. The number of nitrogens with zero attached hydrogens (tertiary/aromatic N) is 1. The molecule has 0 fully saturated rings. The van der Waals surface area contributed by atoms with E-state index in [0.29, 0.717) is 10.7 Å². The largest absolute Gasteiger partial charge is 0.507 e. The molecule has 0 unspecified atom stereocenters. The fourth-order valence-corrected chi connectivity index (χ4v) is 1.83. The van der Waals surface area contributed by atoms with E-state index >= 15 is 0 Å². The molecule has 3 nitrogen and oxygen atoms in total. The van der Waals surface area contributed by atoms with E-state index in [2.05, 4.69) is 0 Å². The molecule has 0 bridgehead atoms. The van der Waals surface area contributed by atoms with Gasteiger partial charge in [-0.2, -0.15) is 0 Å². The Hall–Kier alpha value is -2.07. The van der Waals surface area contributed by atoms with Gasteiger partial charge < -0.3 is 10.0 Å². The summed E-state index contributed by atoms with van der Waals surface area (Å²) in [6.45, 7) is 0. The molecular weight excluding hydrogens is 269 g/mol. The third-order valence-corrected chi connectivity index (χ3v) is 2.93. The zero-order valence-electron chi connectivity index (χ0n) is 10.1. The van der Waals surface area contributed by atoms with Crippen molar-refractivity contribution in [1.29, 1.82) is 0 Å². The van der Waals surface area contributed by atoms with Crippen LogP contribution in [0.1, 0.15) is 10.4 Å². The Morgan fingerprint density at radius 2 is 2.00 bits per heavy atom. The molecule has 98 valence electrons. The molecule has 0 heterocycles. The number of phenolic OH excluding ortho intramolecular Hbond substituents is 1. The summed E-state index contributed by atoms with van der Waals surface area (Å²) in [6.07, 6.45) is 0. The van der Waals surface area contributed by atoms with E-state index in [1.54, 1.807) is 6.07 Å². The molecule has 2 rings (SSSR count). The van der Waals surface area contributed by atoms with E-state index in [1.165, 1.54) is 48.3 Å². The van der Waals surface area contributed by atoms with Crippen molar-refractivity contribution < 1.29 is 14.3 Å². The summed E-state index contributed by atoms with van der Waals surface area (Å²) in [5, 5.41) is 10.0. The molecule has 2 aromatic rings. The highest BCUT2D eigenvalue weighted by molar-refractivity contribution is 6.31. The average Bonchev–Trinajstić information content (AvgIpc) is 2.37. The van der Waals surface area contributed by atoms with Crippen molar-refractivity contribution in [1.82, 2.24) is 0 Å². The predicted octanol–water partition coefficient (Wildman–Crippen LogP) is 3.46. The number of amides is 1. The molecule has 0 aromatic heterocycles. The first-order valence-electron chi connectivity index (χ1n) is 5.51. The minimum absolute atomic E-state index is 0.108. The van der Waals surface area contributed by atoms with Crippen LogP contribution in [0.3, 0.4) is 0 Å². The van der Waals surface area contributed by atoms with Crippen LogP contribution in [-0.2, 0) is 0 Å². The maximum atomic E-state index is 13.1. The lowest BCUT2D eigenvalue weighted by atomic mass is 10.1. The molecule has 0 aliphatic heterocycles. The Morgan fingerprint density at radius 3 is 2.63 bits per heavy atom.